The maximum Gasteiger partial charge on any atom is 0.273 e. The third-order valence-electron chi connectivity index (χ3n) is 5.83. The Bertz CT molecular complexity index is 1220. The summed E-state index contributed by atoms with van der Waals surface area (Å²) in [5, 5.41) is 0. The molecule has 1 saturated heterocycles. The van der Waals surface area contributed by atoms with Crippen molar-refractivity contribution >= 4 is 17.4 Å². The molecular formula is C25H25N5O. The largest absolute Gasteiger partial charge is 0.353 e. The minimum atomic E-state index is 0.0225. The number of nitrogens with zero attached hydrogens (tertiary/aromatic N) is 5. The lowest BCUT2D eigenvalue weighted by Gasteiger charge is -2.35. The number of piperazine rings is 1. The molecule has 4 aromatic rings. The summed E-state index contributed by atoms with van der Waals surface area (Å²) in [5.74, 6) is 0.981. The molecule has 1 amide bonds. The highest BCUT2D eigenvalue weighted by molar-refractivity contribution is 6.00. The van der Waals surface area contributed by atoms with Crippen LogP contribution >= 0.6 is 0 Å². The highest BCUT2D eigenvalue weighted by atomic mass is 16.2. The Morgan fingerprint density at radius 1 is 0.871 bits per heavy atom. The minimum Gasteiger partial charge on any atom is -0.353 e. The number of benzene rings is 1. The number of hydrogen-bond acceptors (Lipinski definition) is 4. The molecule has 0 unspecified atom stereocenters. The average Bonchev–Trinajstić information content (AvgIpc) is 3.18. The highest BCUT2D eigenvalue weighted by Crippen LogP contribution is 2.27. The van der Waals surface area contributed by atoms with Gasteiger partial charge in [0.15, 0.2) is 0 Å². The first-order valence-electron chi connectivity index (χ1n) is 10.6. The maximum absolute atomic E-state index is 13.7. The van der Waals surface area contributed by atoms with Gasteiger partial charge in [0, 0.05) is 44.1 Å². The van der Waals surface area contributed by atoms with Crippen molar-refractivity contribution in [3.8, 4) is 11.3 Å². The number of anilines is 1. The molecule has 0 spiro atoms. The third-order valence-corrected chi connectivity index (χ3v) is 5.83. The molecule has 0 atom stereocenters. The first-order valence-corrected chi connectivity index (χ1v) is 10.6. The van der Waals surface area contributed by atoms with Gasteiger partial charge in [0.2, 0.25) is 0 Å². The molecule has 0 bridgehead atoms. The summed E-state index contributed by atoms with van der Waals surface area (Å²) in [7, 11) is 0. The molecule has 5 rings (SSSR count). The number of pyridine rings is 2. The van der Waals surface area contributed by atoms with Gasteiger partial charge in [-0.05, 0) is 37.6 Å². The molecule has 6 heteroatoms. The zero-order chi connectivity index (χ0) is 21.4. The quantitative estimate of drug-likeness (QED) is 0.512. The number of hydrogen-bond donors (Lipinski definition) is 0. The van der Waals surface area contributed by atoms with E-state index in [1.165, 1.54) is 5.56 Å². The van der Waals surface area contributed by atoms with Crippen LogP contribution in [0.5, 0.6) is 0 Å². The summed E-state index contributed by atoms with van der Waals surface area (Å²) >= 11 is 0. The zero-order valence-corrected chi connectivity index (χ0v) is 17.8. The van der Waals surface area contributed by atoms with Gasteiger partial charge in [-0.3, -0.25) is 9.20 Å². The smallest absolute Gasteiger partial charge is 0.273 e. The third kappa shape index (κ3) is 3.65. The SMILES string of the molecule is Cc1ccc(-c2nc3ccc(C)cn3c2C(=O)N2CCN(c3ccccn3)CC2)cc1. The molecule has 156 valence electrons. The van der Waals surface area contributed by atoms with Gasteiger partial charge in [0.25, 0.3) is 5.91 Å². The summed E-state index contributed by atoms with van der Waals surface area (Å²) in [6, 6.07) is 18.1. The second-order valence-electron chi connectivity index (χ2n) is 8.08. The van der Waals surface area contributed by atoms with Crippen LogP contribution < -0.4 is 4.90 Å². The molecule has 4 heterocycles. The van der Waals surface area contributed by atoms with E-state index in [1.54, 1.807) is 0 Å². The zero-order valence-electron chi connectivity index (χ0n) is 17.8. The predicted octanol–water partition coefficient (Wildman–Crippen LogP) is 3.98. The van der Waals surface area contributed by atoms with Crippen molar-refractivity contribution in [1.29, 1.82) is 0 Å². The van der Waals surface area contributed by atoms with Gasteiger partial charge in [0.1, 0.15) is 22.9 Å². The fourth-order valence-electron chi connectivity index (χ4n) is 4.10. The second kappa shape index (κ2) is 7.87. The van der Waals surface area contributed by atoms with Crippen LogP contribution in [0, 0.1) is 13.8 Å². The molecule has 0 saturated carbocycles. The molecule has 1 aliphatic rings. The van der Waals surface area contributed by atoms with Crippen molar-refractivity contribution in [3.63, 3.8) is 0 Å². The summed E-state index contributed by atoms with van der Waals surface area (Å²) in [6.45, 7) is 6.93. The topological polar surface area (TPSA) is 53.7 Å². The molecule has 0 aliphatic carbocycles. The van der Waals surface area contributed by atoms with Crippen molar-refractivity contribution in [1.82, 2.24) is 19.3 Å². The molecule has 6 nitrogen and oxygen atoms in total. The standard InChI is InChI=1S/C25H25N5O/c1-18-6-9-20(10-7-18)23-24(30-17-19(2)8-11-22(30)27-23)25(31)29-15-13-28(14-16-29)21-5-3-4-12-26-21/h3-12,17H,13-16H2,1-2H3. The van der Waals surface area contributed by atoms with Crippen molar-refractivity contribution in [2.24, 2.45) is 0 Å². The summed E-state index contributed by atoms with van der Waals surface area (Å²) < 4.78 is 1.94. The van der Waals surface area contributed by atoms with E-state index < -0.39 is 0 Å². The van der Waals surface area contributed by atoms with Gasteiger partial charge in [-0.1, -0.05) is 42.0 Å². The number of amides is 1. The van der Waals surface area contributed by atoms with Crippen LogP contribution in [-0.2, 0) is 0 Å². The van der Waals surface area contributed by atoms with E-state index in [9.17, 15) is 4.79 Å². The van der Waals surface area contributed by atoms with Crippen LogP contribution in [0.2, 0.25) is 0 Å². The lowest BCUT2D eigenvalue weighted by Crippen LogP contribution is -2.49. The van der Waals surface area contributed by atoms with E-state index in [4.69, 9.17) is 4.98 Å². The normalized spacial score (nSPS) is 14.3. The molecule has 1 fully saturated rings. The van der Waals surface area contributed by atoms with E-state index in [0.717, 1.165) is 41.4 Å². The first kappa shape index (κ1) is 19.3. The van der Waals surface area contributed by atoms with Gasteiger partial charge < -0.3 is 9.80 Å². The highest BCUT2D eigenvalue weighted by Gasteiger charge is 2.28. The Balaban J connectivity index is 1.49. The number of aromatic nitrogens is 3. The van der Waals surface area contributed by atoms with E-state index in [0.29, 0.717) is 18.8 Å². The van der Waals surface area contributed by atoms with E-state index in [1.807, 2.05) is 71.1 Å². The van der Waals surface area contributed by atoms with Gasteiger partial charge >= 0.3 is 0 Å². The summed E-state index contributed by atoms with van der Waals surface area (Å²) in [5.41, 5.74) is 5.40. The fourth-order valence-corrected chi connectivity index (χ4v) is 4.10. The van der Waals surface area contributed by atoms with Gasteiger partial charge in [-0.15, -0.1) is 0 Å². The minimum absolute atomic E-state index is 0.0225. The molecule has 31 heavy (non-hydrogen) atoms. The van der Waals surface area contributed by atoms with Crippen LogP contribution in [0.1, 0.15) is 21.6 Å². The lowest BCUT2D eigenvalue weighted by atomic mass is 10.1. The number of aryl methyl sites for hydroxylation is 2. The Kier molecular flexibility index (Phi) is 4.90. The van der Waals surface area contributed by atoms with E-state index >= 15 is 0 Å². The summed E-state index contributed by atoms with van der Waals surface area (Å²) in [6.07, 6.45) is 3.80. The van der Waals surface area contributed by atoms with Crippen LogP contribution in [-0.4, -0.2) is 51.4 Å². The van der Waals surface area contributed by atoms with Gasteiger partial charge in [-0.2, -0.15) is 0 Å². The van der Waals surface area contributed by atoms with Crippen molar-refractivity contribution < 1.29 is 4.79 Å². The number of carbonyl (C=O) groups is 1. The Morgan fingerprint density at radius 3 is 2.32 bits per heavy atom. The van der Waals surface area contributed by atoms with Crippen LogP contribution in [0.25, 0.3) is 16.9 Å². The average molecular weight is 412 g/mol. The lowest BCUT2D eigenvalue weighted by molar-refractivity contribution is 0.0740. The van der Waals surface area contributed by atoms with Crippen LogP contribution in [0.4, 0.5) is 5.82 Å². The van der Waals surface area contributed by atoms with Crippen molar-refractivity contribution in [3.05, 3.63) is 83.8 Å². The predicted molar refractivity (Wildman–Crippen MR) is 122 cm³/mol. The maximum atomic E-state index is 13.7. The van der Waals surface area contributed by atoms with E-state index in [2.05, 4.69) is 28.9 Å². The Hall–Kier alpha value is -3.67. The van der Waals surface area contributed by atoms with Crippen LogP contribution in [0.3, 0.4) is 0 Å². The number of carbonyl (C=O) groups excluding carboxylic acids is 1. The van der Waals surface area contributed by atoms with Gasteiger partial charge in [0.05, 0.1) is 0 Å². The number of fused-ring (bicyclic) bond motifs is 1. The summed E-state index contributed by atoms with van der Waals surface area (Å²) in [4.78, 5) is 27.1. The van der Waals surface area contributed by atoms with E-state index in [-0.39, 0.29) is 5.91 Å². The Labute approximate surface area is 181 Å². The van der Waals surface area contributed by atoms with Crippen LogP contribution in [0.15, 0.2) is 67.0 Å². The molecule has 1 aliphatic heterocycles. The number of imidazole rings is 1. The molecule has 3 aromatic heterocycles. The van der Waals surface area contributed by atoms with Crippen molar-refractivity contribution in [2.45, 2.75) is 13.8 Å². The molecule has 1 aromatic carbocycles. The Morgan fingerprint density at radius 2 is 1.61 bits per heavy atom. The van der Waals surface area contributed by atoms with Gasteiger partial charge in [-0.25, -0.2) is 9.97 Å². The number of rotatable bonds is 3. The molecular weight excluding hydrogens is 386 g/mol. The van der Waals surface area contributed by atoms with Crippen molar-refractivity contribution in [2.75, 3.05) is 31.1 Å². The fraction of sp³-hybridized carbons (Fsp3) is 0.240. The monoisotopic (exact) mass is 411 g/mol. The second-order valence-corrected chi connectivity index (χ2v) is 8.08. The molecule has 0 N–H and O–H groups in total. The molecule has 0 radical (unpaired) electrons. The first-order chi connectivity index (χ1) is 15.1.